The molecule has 1 heterocycles. The van der Waals surface area contributed by atoms with E-state index in [0.717, 1.165) is 32.7 Å². The van der Waals surface area contributed by atoms with Crippen LogP contribution in [0.3, 0.4) is 0 Å². The molecule has 0 aromatic rings. The minimum atomic E-state index is -0.0837. The van der Waals surface area contributed by atoms with E-state index in [1.54, 1.807) is 0 Å². The molecule has 1 saturated carbocycles. The third kappa shape index (κ3) is 2.96. The molecule has 2 rings (SSSR count). The molecule has 3 unspecified atom stereocenters. The van der Waals surface area contributed by atoms with E-state index in [1.165, 1.54) is 25.7 Å². The first-order chi connectivity index (χ1) is 7.81. The molecule has 3 nitrogen and oxygen atoms in total. The van der Waals surface area contributed by atoms with Gasteiger partial charge < -0.3 is 9.84 Å². The molecule has 0 bridgehead atoms. The number of ether oxygens (including phenoxy) is 1. The van der Waals surface area contributed by atoms with Crippen LogP contribution >= 0.6 is 0 Å². The van der Waals surface area contributed by atoms with Crippen LogP contribution in [0, 0.1) is 5.92 Å². The summed E-state index contributed by atoms with van der Waals surface area (Å²) in [6, 6.07) is 0.431. The first kappa shape index (κ1) is 12.3. The maximum Gasteiger partial charge on any atom is 0.0695 e. The molecule has 1 aliphatic heterocycles. The predicted molar refractivity (Wildman–Crippen MR) is 64.4 cm³/mol. The van der Waals surface area contributed by atoms with Gasteiger partial charge in [0.1, 0.15) is 0 Å². The van der Waals surface area contributed by atoms with E-state index >= 15 is 0 Å². The molecule has 1 N–H and O–H groups in total. The van der Waals surface area contributed by atoms with E-state index in [-0.39, 0.29) is 6.10 Å². The van der Waals surface area contributed by atoms with Gasteiger partial charge >= 0.3 is 0 Å². The number of likely N-dealkylation sites (tertiary alicyclic amines) is 1. The molecule has 2 aliphatic rings. The highest BCUT2D eigenvalue weighted by atomic mass is 16.5. The lowest BCUT2D eigenvalue weighted by molar-refractivity contribution is 0.0262. The number of nitrogens with zero attached hydrogens (tertiary/aromatic N) is 1. The van der Waals surface area contributed by atoms with Gasteiger partial charge in [-0.25, -0.2) is 0 Å². The first-order valence-electron chi connectivity index (χ1n) is 6.81. The van der Waals surface area contributed by atoms with E-state index in [2.05, 4.69) is 11.8 Å². The summed E-state index contributed by atoms with van der Waals surface area (Å²) in [6.07, 6.45) is 5.82. The summed E-state index contributed by atoms with van der Waals surface area (Å²) in [7, 11) is 0. The summed E-state index contributed by atoms with van der Waals surface area (Å²) in [5, 5.41) is 10.0. The van der Waals surface area contributed by atoms with Gasteiger partial charge in [0.25, 0.3) is 0 Å². The van der Waals surface area contributed by atoms with Crippen molar-refractivity contribution < 1.29 is 9.84 Å². The van der Waals surface area contributed by atoms with Gasteiger partial charge in [-0.3, -0.25) is 4.90 Å². The number of rotatable bonds is 4. The van der Waals surface area contributed by atoms with Gasteiger partial charge in [-0.15, -0.1) is 0 Å². The highest BCUT2D eigenvalue weighted by molar-refractivity contribution is 4.87. The van der Waals surface area contributed by atoms with E-state index in [0.29, 0.717) is 12.0 Å². The Morgan fingerprint density at radius 1 is 1.25 bits per heavy atom. The Bertz CT molecular complexity index is 210. The molecule has 3 atom stereocenters. The Balaban J connectivity index is 1.78. The van der Waals surface area contributed by atoms with E-state index < -0.39 is 0 Å². The SMILES string of the molecule is CCOCC1CCN(C2CCCCC2O)C1. The summed E-state index contributed by atoms with van der Waals surface area (Å²) in [5.74, 6) is 0.689. The lowest BCUT2D eigenvalue weighted by atomic mass is 9.91. The second-order valence-corrected chi connectivity index (χ2v) is 5.23. The van der Waals surface area contributed by atoms with Crippen molar-refractivity contribution in [1.29, 1.82) is 0 Å². The third-order valence-electron chi connectivity index (χ3n) is 4.04. The summed E-state index contributed by atoms with van der Waals surface area (Å²) < 4.78 is 5.49. The fourth-order valence-electron chi connectivity index (χ4n) is 3.10. The van der Waals surface area contributed by atoms with Crippen molar-refractivity contribution in [1.82, 2.24) is 4.90 Å². The topological polar surface area (TPSA) is 32.7 Å². The second-order valence-electron chi connectivity index (χ2n) is 5.23. The van der Waals surface area contributed by atoms with Crippen molar-refractivity contribution >= 4 is 0 Å². The first-order valence-corrected chi connectivity index (χ1v) is 6.81. The van der Waals surface area contributed by atoms with Gasteiger partial charge in [0.2, 0.25) is 0 Å². The summed E-state index contributed by atoms with van der Waals surface area (Å²) in [6.45, 7) is 6.05. The normalized spacial score (nSPS) is 36.8. The van der Waals surface area contributed by atoms with Crippen LogP contribution in [-0.2, 0) is 4.74 Å². The molecule has 0 aromatic heterocycles. The van der Waals surface area contributed by atoms with Gasteiger partial charge in [-0.2, -0.15) is 0 Å². The Labute approximate surface area is 98.8 Å². The number of hydrogen-bond acceptors (Lipinski definition) is 3. The molecular formula is C13H25NO2. The average Bonchev–Trinajstić information content (AvgIpc) is 2.75. The zero-order chi connectivity index (χ0) is 11.4. The van der Waals surface area contributed by atoms with Crippen molar-refractivity contribution in [3.8, 4) is 0 Å². The van der Waals surface area contributed by atoms with E-state index in [4.69, 9.17) is 4.74 Å². The lowest BCUT2D eigenvalue weighted by Crippen LogP contribution is -2.44. The zero-order valence-electron chi connectivity index (χ0n) is 10.4. The monoisotopic (exact) mass is 227 g/mol. The molecule has 0 spiro atoms. The quantitative estimate of drug-likeness (QED) is 0.792. The van der Waals surface area contributed by atoms with Crippen LogP contribution in [0.1, 0.15) is 39.0 Å². The van der Waals surface area contributed by atoms with Crippen LogP contribution in [-0.4, -0.2) is 48.5 Å². The zero-order valence-corrected chi connectivity index (χ0v) is 10.4. The smallest absolute Gasteiger partial charge is 0.0695 e. The molecule has 94 valence electrons. The number of hydrogen-bond donors (Lipinski definition) is 1. The van der Waals surface area contributed by atoms with E-state index in [9.17, 15) is 5.11 Å². The third-order valence-corrected chi connectivity index (χ3v) is 4.04. The maximum absolute atomic E-state index is 10.0. The molecule has 0 aromatic carbocycles. The maximum atomic E-state index is 10.0. The Kier molecular flexibility index (Phi) is 4.62. The predicted octanol–water partition coefficient (Wildman–Crippen LogP) is 1.65. The van der Waals surface area contributed by atoms with Crippen molar-refractivity contribution in [3.05, 3.63) is 0 Å². The Hall–Kier alpha value is -0.120. The van der Waals surface area contributed by atoms with Crippen LogP contribution in [0.4, 0.5) is 0 Å². The molecule has 3 heteroatoms. The summed E-state index contributed by atoms with van der Waals surface area (Å²) >= 11 is 0. The van der Waals surface area contributed by atoms with Crippen molar-refractivity contribution in [3.63, 3.8) is 0 Å². The van der Waals surface area contributed by atoms with Gasteiger partial charge in [0, 0.05) is 19.2 Å². The highest BCUT2D eigenvalue weighted by Gasteiger charge is 2.33. The summed E-state index contributed by atoms with van der Waals surface area (Å²) in [4.78, 5) is 2.49. The molecule has 2 fully saturated rings. The molecule has 0 amide bonds. The average molecular weight is 227 g/mol. The molecular weight excluding hydrogens is 202 g/mol. The molecule has 1 saturated heterocycles. The molecule has 0 radical (unpaired) electrons. The molecule has 1 aliphatic carbocycles. The van der Waals surface area contributed by atoms with Crippen LogP contribution in [0.2, 0.25) is 0 Å². The fraction of sp³-hybridized carbons (Fsp3) is 1.00. The minimum Gasteiger partial charge on any atom is -0.391 e. The lowest BCUT2D eigenvalue weighted by Gasteiger charge is -2.35. The van der Waals surface area contributed by atoms with Crippen LogP contribution in [0.5, 0.6) is 0 Å². The van der Waals surface area contributed by atoms with Crippen LogP contribution in [0.15, 0.2) is 0 Å². The van der Waals surface area contributed by atoms with Gasteiger partial charge in [0.05, 0.1) is 12.7 Å². The Morgan fingerprint density at radius 3 is 2.81 bits per heavy atom. The van der Waals surface area contributed by atoms with Gasteiger partial charge in [0.15, 0.2) is 0 Å². The minimum absolute atomic E-state index is 0.0837. The van der Waals surface area contributed by atoms with Crippen LogP contribution < -0.4 is 0 Å². The summed E-state index contributed by atoms with van der Waals surface area (Å²) in [5.41, 5.74) is 0. The van der Waals surface area contributed by atoms with Gasteiger partial charge in [-0.05, 0) is 38.6 Å². The highest BCUT2D eigenvalue weighted by Crippen LogP contribution is 2.28. The second kappa shape index (κ2) is 5.99. The number of aliphatic hydroxyl groups is 1. The van der Waals surface area contributed by atoms with Crippen molar-refractivity contribution in [2.45, 2.75) is 51.2 Å². The van der Waals surface area contributed by atoms with Crippen molar-refractivity contribution in [2.24, 2.45) is 5.92 Å². The Morgan fingerprint density at radius 2 is 2.06 bits per heavy atom. The fourth-order valence-corrected chi connectivity index (χ4v) is 3.10. The standard InChI is InChI=1S/C13H25NO2/c1-2-16-10-11-7-8-14(9-11)12-5-3-4-6-13(12)15/h11-13,15H,2-10H2,1H3. The van der Waals surface area contributed by atoms with Crippen LogP contribution in [0.25, 0.3) is 0 Å². The van der Waals surface area contributed by atoms with Gasteiger partial charge in [-0.1, -0.05) is 12.8 Å². The largest absolute Gasteiger partial charge is 0.391 e. The van der Waals surface area contributed by atoms with E-state index in [1.807, 2.05) is 0 Å². The molecule has 16 heavy (non-hydrogen) atoms. The number of aliphatic hydroxyl groups excluding tert-OH is 1. The van der Waals surface area contributed by atoms with Crippen molar-refractivity contribution in [2.75, 3.05) is 26.3 Å².